The molecule has 0 aliphatic rings. The molecule has 7 heteroatoms. The molecule has 0 saturated heterocycles. The number of carbonyl (C=O) groups is 1. The van der Waals surface area contributed by atoms with E-state index in [-0.39, 0.29) is 5.91 Å². The predicted molar refractivity (Wildman–Crippen MR) is 78.9 cm³/mol. The van der Waals surface area contributed by atoms with Gasteiger partial charge in [-0.1, -0.05) is 5.16 Å². The molecule has 0 spiro atoms. The molecule has 0 saturated carbocycles. The maximum atomic E-state index is 11.9. The fourth-order valence-electron chi connectivity index (χ4n) is 1.69. The van der Waals surface area contributed by atoms with Crippen molar-refractivity contribution < 1.29 is 9.32 Å². The highest BCUT2D eigenvalue weighted by Crippen LogP contribution is 2.18. The first-order chi connectivity index (χ1) is 8.97. The standard InChI is InChI=1S/C12H15IN4O2/c1-7-10(13)6-17(15-7)5-4-11(18)14-12-8(2)16-19-9(12)3/h6H,4-5H2,1-3H3,(H,14,18). The number of rotatable bonds is 4. The number of halogens is 1. The third kappa shape index (κ3) is 3.34. The Balaban J connectivity index is 1.92. The van der Waals surface area contributed by atoms with Crippen molar-refractivity contribution in [1.29, 1.82) is 0 Å². The fourth-order valence-corrected chi connectivity index (χ4v) is 2.12. The fraction of sp³-hybridized carbons (Fsp3) is 0.417. The number of carbonyl (C=O) groups excluding carboxylic acids is 1. The molecular weight excluding hydrogens is 359 g/mol. The van der Waals surface area contributed by atoms with Crippen LogP contribution in [0.3, 0.4) is 0 Å². The maximum Gasteiger partial charge on any atom is 0.226 e. The molecule has 0 bridgehead atoms. The van der Waals surface area contributed by atoms with Gasteiger partial charge < -0.3 is 9.84 Å². The van der Waals surface area contributed by atoms with Crippen LogP contribution in [0.5, 0.6) is 0 Å². The second-order valence-electron chi connectivity index (χ2n) is 4.32. The average molecular weight is 374 g/mol. The van der Waals surface area contributed by atoms with Gasteiger partial charge in [0, 0.05) is 19.2 Å². The van der Waals surface area contributed by atoms with E-state index < -0.39 is 0 Å². The zero-order valence-electron chi connectivity index (χ0n) is 11.0. The molecule has 102 valence electrons. The molecule has 0 fully saturated rings. The van der Waals surface area contributed by atoms with Crippen molar-refractivity contribution in [3.8, 4) is 0 Å². The first-order valence-corrected chi connectivity index (χ1v) is 6.97. The van der Waals surface area contributed by atoms with Gasteiger partial charge in [-0.15, -0.1) is 0 Å². The summed E-state index contributed by atoms with van der Waals surface area (Å²) in [5.41, 5.74) is 2.33. The van der Waals surface area contributed by atoms with Crippen molar-refractivity contribution in [2.75, 3.05) is 5.32 Å². The molecule has 0 aliphatic carbocycles. The van der Waals surface area contributed by atoms with E-state index in [1.165, 1.54) is 0 Å². The third-order valence-corrected chi connectivity index (χ3v) is 3.81. The number of hydrogen-bond acceptors (Lipinski definition) is 4. The molecule has 1 N–H and O–H groups in total. The first kappa shape index (κ1) is 14.0. The van der Waals surface area contributed by atoms with Crippen LogP contribution in [-0.4, -0.2) is 20.8 Å². The number of anilines is 1. The van der Waals surface area contributed by atoms with Gasteiger partial charge in [0.25, 0.3) is 0 Å². The molecule has 2 rings (SSSR count). The highest BCUT2D eigenvalue weighted by molar-refractivity contribution is 14.1. The molecule has 0 radical (unpaired) electrons. The summed E-state index contributed by atoms with van der Waals surface area (Å²) in [6.45, 7) is 6.07. The van der Waals surface area contributed by atoms with Crippen molar-refractivity contribution in [1.82, 2.24) is 14.9 Å². The minimum absolute atomic E-state index is 0.0717. The van der Waals surface area contributed by atoms with E-state index in [1.54, 1.807) is 18.5 Å². The summed E-state index contributed by atoms with van der Waals surface area (Å²) >= 11 is 2.22. The maximum absolute atomic E-state index is 11.9. The van der Waals surface area contributed by atoms with Crippen LogP contribution in [0.25, 0.3) is 0 Å². The molecule has 2 aromatic rings. The number of nitrogens with one attached hydrogen (secondary N) is 1. The Morgan fingerprint density at radius 3 is 2.68 bits per heavy atom. The van der Waals surface area contributed by atoms with Crippen LogP contribution < -0.4 is 5.32 Å². The molecule has 1 amide bonds. The lowest BCUT2D eigenvalue weighted by atomic mass is 10.3. The van der Waals surface area contributed by atoms with Gasteiger partial charge in [-0.25, -0.2) is 0 Å². The Morgan fingerprint density at radius 2 is 2.16 bits per heavy atom. The molecule has 6 nitrogen and oxygen atoms in total. The van der Waals surface area contributed by atoms with Gasteiger partial charge in [0.05, 0.1) is 9.26 Å². The smallest absolute Gasteiger partial charge is 0.226 e. The third-order valence-electron chi connectivity index (χ3n) is 2.75. The number of hydrogen-bond donors (Lipinski definition) is 1. The van der Waals surface area contributed by atoms with E-state index in [9.17, 15) is 4.79 Å². The van der Waals surface area contributed by atoms with Crippen LogP contribution in [0, 0.1) is 24.3 Å². The lowest BCUT2D eigenvalue weighted by Gasteiger charge is -2.04. The lowest BCUT2D eigenvalue weighted by molar-refractivity contribution is -0.116. The Kier molecular flexibility index (Phi) is 4.23. The van der Waals surface area contributed by atoms with Gasteiger partial charge >= 0.3 is 0 Å². The Labute approximate surface area is 124 Å². The van der Waals surface area contributed by atoms with Gasteiger partial charge in [0.15, 0.2) is 5.76 Å². The van der Waals surface area contributed by atoms with E-state index in [0.717, 1.165) is 9.26 Å². The lowest BCUT2D eigenvalue weighted by Crippen LogP contribution is -2.15. The molecule has 0 unspecified atom stereocenters. The highest BCUT2D eigenvalue weighted by atomic mass is 127. The van der Waals surface area contributed by atoms with Crippen LogP contribution in [0.15, 0.2) is 10.7 Å². The Bertz CT molecular complexity index is 564. The normalized spacial score (nSPS) is 10.7. The van der Waals surface area contributed by atoms with Crippen LogP contribution >= 0.6 is 22.6 Å². The highest BCUT2D eigenvalue weighted by Gasteiger charge is 2.12. The molecule has 2 aromatic heterocycles. The van der Waals surface area contributed by atoms with Gasteiger partial charge in [-0.3, -0.25) is 9.48 Å². The van der Waals surface area contributed by atoms with Gasteiger partial charge in [0.1, 0.15) is 11.4 Å². The van der Waals surface area contributed by atoms with Crippen LogP contribution in [-0.2, 0) is 11.3 Å². The van der Waals surface area contributed by atoms with Crippen molar-refractivity contribution in [2.24, 2.45) is 0 Å². The number of amides is 1. The van der Waals surface area contributed by atoms with Crippen molar-refractivity contribution in [2.45, 2.75) is 33.7 Å². The van der Waals surface area contributed by atoms with Gasteiger partial charge in [-0.05, 0) is 43.4 Å². The largest absolute Gasteiger partial charge is 0.359 e. The summed E-state index contributed by atoms with van der Waals surface area (Å²) < 4.78 is 7.88. The van der Waals surface area contributed by atoms with Crippen LogP contribution in [0.4, 0.5) is 5.69 Å². The van der Waals surface area contributed by atoms with Crippen LogP contribution in [0.2, 0.25) is 0 Å². The van der Waals surface area contributed by atoms with Gasteiger partial charge in [-0.2, -0.15) is 5.10 Å². The molecular formula is C12H15IN4O2. The first-order valence-electron chi connectivity index (χ1n) is 5.89. The van der Waals surface area contributed by atoms with E-state index in [4.69, 9.17) is 4.52 Å². The topological polar surface area (TPSA) is 73.0 Å². The van der Waals surface area contributed by atoms with E-state index in [2.05, 4.69) is 38.2 Å². The predicted octanol–water partition coefficient (Wildman–Crippen LogP) is 2.43. The minimum atomic E-state index is -0.0717. The minimum Gasteiger partial charge on any atom is -0.359 e. The summed E-state index contributed by atoms with van der Waals surface area (Å²) in [6.07, 6.45) is 2.29. The van der Waals surface area contributed by atoms with Crippen LogP contribution in [0.1, 0.15) is 23.6 Å². The van der Waals surface area contributed by atoms with E-state index in [1.807, 2.05) is 13.1 Å². The number of nitrogens with zero attached hydrogens (tertiary/aromatic N) is 3. The van der Waals surface area contributed by atoms with Crippen molar-refractivity contribution >= 4 is 34.2 Å². The summed E-state index contributed by atoms with van der Waals surface area (Å²) in [4.78, 5) is 11.9. The number of aromatic nitrogens is 3. The molecule has 0 aliphatic heterocycles. The zero-order valence-corrected chi connectivity index (χ0v) is 13.2. The summed E-state index contributed by atoms with van der Waals surface area (Å²) in [6, 6.07) is 0. The zero-order chi connectivity index (χ0) is 14.0. The summed E-state index contributed by atoms with van der Waals surface area (Å²) in [7, 11) is 0. The van der Waals surface area contributed by atoms with Gasteiger partial charge in [0.2, 0.25) is 5.91 Å². The Morgan fingerprint density at radius 1 is 1.42 bits per heavy atom. The second kappa shape index (κ2) is 5.72. The quantitative estimate of drug-likeness (QED) is 0.835. The SMILES string of the molecule is Cc1nn(CCC(=O)Nc2c(C)noc2C)cc1I. The molecule has 0 aromatic carbocycles. The number of aryl methyl sites for hydroxylation is 4. The average Bonchev–Trinajstić information content (AvgIpc) is 2.84. The summed E-state index contributed by atoms with van der Waals surface area (Å²) in [5, 5.41) is 10.9. The molecule has 19 heavy (non-hydrogen) atoms. The second-order valence-corrected chi connectivity index (χ2v) is 5.49. The summed E-state index contributed by atoms with van der Waals surface area (Å²) in [5.74, 6) is 0.549. The van der Waals surface area contributed by atoms with E-state index in [0.29, 0.717) is 30.1 Å². The molecule has 2 heterocycles. The van der Waals surface area contributed by atoms with Crippen molar-refractivity contribution in [3.63, 3.8) is 0 Å². The Hall–Kier alpha value is -1.38. The molecule has 0 atom stereocenters. The van der Waals surface area contributed by atoms with E-state index >= 15 is 0 Å². The van der Waals surface area contributed by atoms with Crippen molar-refractivity contribution in [3.05, 3.63) is 26.9 Å². The monoisotopic (exact) mass is 374 g/mol.